The summed E-state index contributed by atoms with van der Waals surface area (Å²) >= 11 is 2.95. The molecule has 0 atom stereocenters. The smallest absolute Gasteiger partial charge is 0.337 e. The summed E-state index contributed by atoms with van der Waals surface area (Å²) in [6.45, 7) is 6.88. The van der Waals surface area contributed by atoms with Gasteiger partial charge in [-0.15, -0.1) is 21.5 Å². The van der Waals surface area contributed by atoms with Crippen LogP contribution in [-0.2, 0) is 27.2 Å². The van der Waals surface area contributed by atoms with Crippen molar-refractivity contribution in [3.05, 3.63) is 45.1 Å². The number of hydrogen-bond acceptors (Lipinski definition) is 9. The molecule has 1 N–H and O–H groups in total. The fraction of sp³-hybridized carbons (Fsp3) is 0.348. The number of carbonyl (C=O) groups excluding carboxylic acids is 3. The van der Waals surface area contributed by atoms with E-state index in [1.807, 2.05) is 11.5 Å². The predicted octanol–water partition coefficient (Wildman–Crippen LogP) is 4.20. The van der Waals surface area contributed by atoms with Gasteiger partial charge in [-0.05, 0) is 44.0 Å². The van der Waals surface area contributed by atoms with Crippen LogP contribution in [0.25, 0.3) is 11.4 Å². The van der Waals surface area contributed by atoms with Crippen LogP contribution in [0.5, 0.6) is 0 Å². The fourth-order valence-corrected chi connectivity index (χ4v) is 5.23. The van der Waals surface area contributed by atoms with E-state index in [1.54, 1.807) is 11.3 Å². The Morgan fingerprint density at radius 2 is 1.71 bits per heavy atom. The van der Waals surface area contributed by atoms with Gasteiger partial charge >= 0.3 is 11.9 Å². The lowest BCUT2D eigenvalue weighted by molar-refractivity contribution is -0.113. The number of nitrogens with zero attached hydrogens (tertiary/aromatic N) is 3. The molecule has 11 heteroatoms. The minimum Gasteiger partial charge on any atom is -0.465 e. The summed E-state index contributed by atoms with van der Waals surface area (Å²) in [7, 11) is 2.47. The van der Waals surface area contributed by atoms with Crippen LogP contribution in [0.2, 0.25) is 0 Å². The SMILES string of the molecule is CCc1c(-c2nnc(SCC(=O)Nc3cc(C(=O)OC)cc(C(=O)OC)c3)n2CC)csc1C. The van der Waals surface area contributed by atoms with E-state index in [0.717, 1.165) is 17.8 Å². The van der Waals surface area contributed by atoms with Gasteiger partial charge in [-0.3, -0.25) is 4.79 Å². The Balaban J connectivity index is 1.76. The van der Waals surface area contributed by atoms with Crippen molar-refractivity contribution < 1.29 is 23.9 Å². The number of aryl methyl sites for hydroxylation is 1. The second-order valence-corrected chi connectivity index (χ2v) is 9.23. The van der Waals surface area contributed by atoms with Crippen molar-refractivity contribution in [1.29, 1.82) is 0 Å². The molecule has 0 radical (unpaired) electrons. The summed E-state index contributed by atoms with van der Waals surface area (Å²) < 4.78 is 11.4. The van der Waals surface area contributed by atoms with Crippen molar-refractivity contribution in [2.24, 2.45) is 0 Å². The van der Waals surface area contributed by atoms with Gasteiger partial charge in [-0.1, -0.05) is 18.7 Å². The highest BCUT2D eigenvalue weighted by Crippen LogP contribution is 2.32. The number of thiophene rings is 1. The number of rotatable bonds is 9. The molecule has 0 aliphatic carbocycles. The largest absolute Gasteiger partial charge is 0.465 e. The second-order valence-electron chi connectivity index (χ2n) is 7.21. The van der Waals surface area contributed by atoms with Crippen LogP contribution >= 0.6 is 23.1 Å². The van der Waals surface area contributed by atoms with Gasteiger partial charge in [0.25, 0.3) is 0 Å². The Kier molecular flexibility index (Phi) is 8.46. The first-order chi connectivity index (χ1) is 16.3. The zero-order valence-corrected chi connectivity index (χ0v) is 21.3. The molecule has 0 unspecified atom stereocenters. The van der Waals surface area contributed by atoms with E-state index in [4.69, 9.17) is 9.47 Å². The van der Waals surface area contributed by atoms with E-state index in [-0.39, 0.29) is 28.5 Å². The number of nitrogens with one attached hydrogen (secondary N) is 1. The van der Waals surface area contributed by atoms with Crippen LogP contribution in [0.1, 0.15) is 45.0 Å². The van der Waals surface area contributed by atoms with Gasteiger partial charge in [0.1, 0.15) is 0 Å². The molecule has 34 heavy (non-hydrogen) atoms. The zero-order valence-electron chi connectivity index (χ0n) is 19.6. The average molecular weight is 503 g/mol. The number of thioether (sulfide) groups is 1. The normalized spacial score (nSPS) is 10.7. The van der Waals surface area contributed by atoms with Crippen molar-refractivity contribution in [3.63, 3.8) is 0 Å². The topological polar surface area (TPSA) is 112 Å². The Morgan fingerprint density at radius 1 is 1.06 bits per heavy atom. The average Bonchev–Trinajstić information content (AvgIpc) is 3.43. The van der Waals surface area contributed by atoms with Gasteiger partial charge in [0, 0.05) is 28.1 Å². The molecule has 0 fully saturated rings. The van der Waals surface area contributed by atoms with Gasteiger partial charge in [0.15, 0.2) is 11.0 Å². The van der Waals surface area contributed by atoms with Crippen molar-refractivity contribution in [2.45, 2.75) is 38.9 Å². The van der Waals surface area contributed by atoms with Crippen LogP contribution in [-0.4, -0.2) is 52.6 Å². The van der Waals surface area contributed by atoms with Gasteiger partial charge in [0.2, 0.25) is 5.91 Å². The molecule has 2 heterocycles. The van der Waals surface area contributed by atoms with Crippen molar-refractivity contribution in [1.82, 2.24) is 14.8 Å². The number of carbonyl (C=O) groups is 3. The predicted molar refractivity (Wildman–Crippen MR) is 132 cm³/mol. The summed E-state index contributed by atoms with van der Waals surface area (Å²) in [6, 6.07) is 4.24. The van der Waals surface area contributed by atoms with Crippen molar-refractivity contribution in [3.8, 4) is 11.4 Å². The van der Waals surface area contributed by atoms with Crippen LogP contribution in [0.15, 0.2) is 28.7 Å². The molecule has 9 nitrogen and oxygen atoms in total. The van der Waals surface area contributed by atoms with E-state index < -0.39 is 11.9 Å². The number of esters is 2. The van der Waals surface area contributed by atoms with E-state index in [1.165, 1.54) is 54.6 Å². The third-order valence-electron chi connectivity index (χ3n) is 5.12. The first-order valence-electron chi connectivity index (χ1n) is 10.6. The summed E-state index contributed by atoms with van der Waals surface area (Å²) in [4.78, 5) is 37.8. The summed E-state index contributed by atoms with van der Waals surface area (Å²) in [5, 5.41) is 14.1. The molecule has 1 aromatic carbocycles. The summed E-state index contributed by atoms with van der Waals surface area (Å²) in [5.74, 6) is -0.725. The third-order valence-corrected chi connectivity index (χ3v) is 7.04. The number of amides is 1. The van der Waals surface area contributed by atoms with Gasteiger partial charge in [0.05, 0.1) is 31.1 Å². The molecule has 2 aromatic heterocycles. The molecule has 1 amide bonds. The van der Waals surface area contributed by atoms with Gasteiger partial charge < -0.3 is 19.4 Å². The minimum atomic E-state index is -0.630. The highest BCUT2D eigenvalue weighted by Gasteiger charge is 2.19. The number of ether oxygens (including phenoxy) is 2. The molecular weight excluding hydrogens is 476 g/mol. The Hall–Kier alpha value is -3.18. The fourth-order valence-electron chi connectivity index (χ4n) is 3.48. The molecule has 3 aromatic rings. The van der Waals surface area contributed by atoms with Crippen LogP contribution in [0.3, 0.4) is 0 Å². The molecule has 0 bridgehead atoms. The molecule has 0 saturated carbocycles. The minimum absolute atomic E-state index is 0.0669. The first kappa shape index (κ1) is 25.4. The number of methoxy groups -OCH3 is 2. The quantitative estimate of drug-likeness (QED) is 0.342. The Morgan fingerprint density at radius 3 is 2.26 bits per heavy atom. The van der Waals surface area contributed by atoms with Crippen LogP contribution in [0, 0.1) is 6.92 Å². The molecule has 0 aliphatic rings. The third kappa shape index (κ3) is 5.48. The van der Waals surface area contributed by atoms with E-state index >= 15 is 0 Å². The Labute approximate surface area is 205 Å². The second kappa shape index (κ2) is 11.3. The highest BCUT2D eigenvalue weighted by molar-refractivity contribution is 7.99. The lowest BCUT2D eigenvalue weighted by Gasteiger charge is -2.10. The van der Waals surface area contributed by atoms with Crippen LogP contribution in [0.4, 0.5) is 5.69 Å². The molecule has 0 saturated heterocycles. The van der Waals surface area contributed by atoms with Crippen molar-refractivity contribution >= 4 is 46.6 Å². The van der Waals surface area contributed by atoms with Crippen LogP contribution < -0.4 is 5.32 Å². The molecular formula is C23H26N4O5S2. The number of hydrogen-bond donors (Lipinski definition) is 1. The number of anilines is 1. The number of aromatic nitrogens is 3. The lowest BCUT2D eigenvalue weighted by Crippen LogP contribution is -2.16. The molecule has 3 rings (SSSR count). The number of benzene rings is 1. The van der Waals surface area contributed by atoms with E-state index in [9.17, 15) is 14.4 Å². The zero-order chi connectivity index (χ0) is 24.8. The first-order valence-corrected chi connectivity index (χ1v) is 12.4. The van der Waals surface area contributed by atoms with E-state index in [0.29, 0.717) is 11.7 Å². The maximum atomic E-state index is 12.6. The van der Waals surface area contributed by atoms with Gasteiger partial charge in [-0.2, -0.15) is 0 Å². The molecule has 0 aliphatic heterocycles. The van der Waals surface area contributed by atoms with Gasteiger partial charge in [-0.25, -0.2) is 9.59 Å². The summed E-state index contributed by atoms with van der Waals surface area (Å²) in [5.41, 5.74) is 2.87. The van der Waals surface area contributed by atoms with Crippen molar-refractivity contribution in [2.75, 3.05) is 25.3 Å². The molecule has 180 valence electrons. The van der Waals surface area contributed by atoms with E-state index in [2.05, 4.69) is 34.7 Å². The Bertz CT molecular complexity index is 1180. The summed E-state index contributed by atoms with van der Waals surface area (Å²) in [6.07, 6.45) is 0.907. The maximum absolute atomic E-state index is 12.6. The monoisotopic (exact) mass is 502 g/mol. The molecule has 0 spiro atoms. The highest BCUT2D eigenvalue weighted by atomic mass is 32.2. The maximum Gasteiger partial charge on any atom is 0.337 e. The standard InChI is InChI=1S/C23H26N4O5S2/c1-6-17-13(3)33-11-18(17)20-25-26-23(27(20)7-2)34-12-19(28)24-16-9-14(21(29)31-4)8-15(10-16)22(30)32-5/h8-11H,6-7,12H2,1-5H3,(H,24,28). The lowest BCUT2D eigenvalue weighted by atomic mass is 10.1.